The highest BCUT2D eigenvalue weighted by Crippen LogP contribution is 2.21. The van der Waals surface area contributed by atoms with E-state index in [1.54, 1.807) is 16.9 Å². The lowest BCUT2D eigenvalue weighted by atomic mass is 10.00. The summed E-state index contributed by atoms with van der Waals surface area (Å²) in [6.07, 6.45) is 2.49. The van der Waals surface area contributed by atoms with Crippen LogP contribution in [0.1, 0.15) is 41.0 Å². The first-order chi connectivity index (χ1) is 16.2. The molecule has 0 spiro atoms. The van der Waals surface area contributed by atoms with Gasteiger partial charge in [-0.25, -0.2) is 13.5 Å². The number of halogens is 2. The minimum absolute atomic E-state index is 0.0427. The van der Waals surface area contributed by atoms with Crippen LogP contribution in [-0.4, -0.2) is 45.5 Å². The van der Waals surface area contributed by atoms with Crippen molar-refractivity contribution in [1.29, 1.82) is 0 Å². The number of alkyl halides is 2. The van der Waals surface area contributed by atoms with Gasteiger partial charge in [0.1, 0.15) is 5.69 Å². The van der Waals surface area contributed by atoms with E-state index < -0.39 is 5.92 Å². The van der Waals surface area contributed by atoms with E-state index in [1.807, 2.05) is 41.3 Å². The first-order valence-electron chi connectivity index (χ1n) is 11.0. The Balaban J connectivity index is 0.000000588. The number of nitrogens with one attached hydrogen (secondary N) is 1. The third-order valence-corrected chi connectivity index (χ3v) is 5.11. The fourth-order valence-corrected chi connectivity index (χ4v) is 3.57. The largest absolute Gasteiger partial charge is 0.351 e. The maximum absolute atomic E-state index is 13.2. The molecule has 3 N–H and O–H groups in total. The van der Waals surface area contributed by atoms with Crippen molar-refractivity contribution in [2.45, 2.75) is 39.3 Å². The predicted octanol–water partition coefficient (Wildman–Crippen LogP) is 3.31. The third kappa shape index (κ3) is 6.95. The first-order valence-corrected chi connectivity index (χ1v) is 11.0. The number of fused-ring (bicyclic) bond motifs is 1. The normalized spacial score (nSPS) is 12.9. The Kier molecular flexibility index (Phi) is 8.12. The highest BCUT2D eigenvalue weighted by atomic mass is 19.3. The van der Waals surface area contributed by atoms with Crippen LogP contribution in [0.5, 0.6) is 0 Å². The average molecular weight is 470 g/mol. The van der Waals surface area contributed by atoms with Gasteiger partial charge >= 0.3 is 0 Å². The zero-order valence-electron chi connectivity index (χ0n) is 19.3. The Morgan fingerprint density at radius 3 is 2.50 bits per heavy atom. The second-order valence-corrected chi connectivity index (χ2v) is 8.35. The van der Waals surface area contributed by atoms with Gasteiger partial charge in [0.15, 0.2) is 0 Å². The van der Waals surface area contributed by atoms with Crippen LogP contribution in [0.25, 0.3) is 5.69 Å². The van der Waals surface area contributed by atoms with Crippen molar-refractivity contribution < 1.29 is 18.4 Å². The zero-order valence-corrected chi connectivity index (χ0v) is 19.3. The molecule has 0 bridgehead atoms. The topological polar surface area (TPSA) is 93.2 Å². The summed E-state index contributed by atoms with van der Waals surface area (Å²) in [4.78, 5) is 26.5. The fourth-order valence-electron chi connectivity index (χ4n) is 3.57. The van der Waals surface area contributed by atoms with Crippen molar-refractivity contribution in [2.24, 2.45) is 5.73 Å². The maximum atomic E-state index is 13.2. The molecule has 180 valence electrons. The number of rotatable bonds is 5. The molecule has 0 atom stereocenters. The summed E-state index contributed by atoms with van der Waals surface area (Å²) >= 11 is 0. The van der Waals surface area contributed by atoms with Crippen LogP contribution in [0.3, 0.4) is 0 Å². The smallest absolute Gasteiger partial charge is 0.272 e. The molecular weight excluding hydrogens is 440 g/mol. The Labute approximate surface area is 197 Å². The Morgan fingerprint density at radius 1 is 1.09 bits per heavy atom. The zero-order chi connectivity index (χ0) is 24.7. The van der Waals surface area contributed by atoms with Gasteiger partial charge in [0.2, 0.25) is 11.8 Å². The second kappa shape index (κ2) is 11.0. The molecule has 0 aliphatic carbocycles. The number of aromatic nitrogens is 2. The van der Waals surface area contributed by atoms with E-state index in [9.17, 15) is 18.4 Å². The summed E-state index contributed by atoms with van der Waals surface area (Å²) < 4.78 is 23.7. The van der Waals surface area contributed by atoms with E-state index in [0.29, 0.717) is 25.3 Å². The van der Waals surface area contributed by atoms with Gasteiger partial charge in [-0.2, -0.15) is 5.10 Å². The van der Waals surface area contributed by atoms with Crippen LogP contribution < -0.4 is 11.1 Å². The van der Waals surface area contributed by atoms with Crippen molar-refractivity contribution >= 4 is 11.8 Å². The molecule has 0 saturated carbocycles. The number of hydrogen-bond donors (Lipinski definition) is 2. The van der Waals surface area contributed by atoms with E-state index in [2.05, 4.69) is 22.5 Å². The molecule has 2 amide bonds. The van der Waals surface area contributed by atoms with Gasteiger partial charge < -0.3 is 16.0 Å². The minimum atomic E-state index is -2.50. The molecule has 1 aromatic heterocycles. The average Bonchev–Trinajstić information content (AvgIpc) is 3.31. The number of carbonyl (C=O) groups excluding carboxylic acids is 2. The highest BCUT2D eigenvalue weighted by molar-refractivity contribution is 5.93. The van der Waals surface area contributed by atoms with E-state index in [4.69, 9.17) is 5.73 Å². The van der Waals surface area contributed by atoms with Gasteiger partial charge in [0.05, 0.1) is 18.4 Å². The van der Waals surface area contributed by atoms with Crippen LogP contribution in [0.4, 0.5) is 8.78 Å². The summed E-state index contributed by atoms with van der Waals surface area (Å²) in [6, 6.07) is 17.6. The monoisotopic (exact) mass is 469 g/mol. The molecule has 0 radical (unpaired) electrons. The van der Waals surface area contributed by atoms with E-state index in [0.717, 1.165) is 31.5 Å². The van der Waals surface area contributed by atoms with Crippen molar-refractivity contribution in [3.8, 4) is 5.69 Å². The summed E-state index contributed by atoms with van der Waals surface area (Å²) in [5.74, 6) is -2.76. The molecule has 2 heterocycles. The minimum Gasteiger partial charge on any atom is -0.351 e. The Morgan fingerprint density at radius 2 is 1.79 bits per heavy atom. The lowest BCUT2D eigenvalue weighted by Crippen LogP contribution is -2.37. The molecule has 1 aliphatic heterocycles. The molecule has 9 heteroatoms. The SMILES string of the molecule is CC(C)(F)F.NCC(=O)NCc1cccc(-n2nccc2C(=O)N2CCc3ccccc3C2)c1. The summed E-state index contributed by atoms with van der Waals surface area (Å²) in [5.41, 5.74) is 10.0. The molecule has 0 saturated heterocycles. The molecule has 0 unspecified atom stereocenters. The van der Waals surface area contributed by atoms with Crippen LogP contribution in [0.2, 0.25) is 0 Å². The molecule has 34 heavy (non-hydrogen) atoms. The van der Waals surface area contributed by atoms with E-state index in [-0.39, 0.29) is 18.4 Å². The van der Waals surface area contributed by atoms with Crippen LogP contribution >= 0.6 is 0 Å². The predicted molar refractivity (Wildman–Crippen MR) is 126 cm³/mol. The molecule has 0 fully saturated rings. The van der Waals surface area contributed by atoms with Gasteiger partial charge in [-0.1, -0.05) is 36.4 Å². The quantitative estimate of drug-likeness (QED) is 0.600. The summed E-state index contributed by atoms with van der Waals surface area (Å²) in [7, 11) is 0. The van der Waals surface area contributed by atoms with Crippen molar-refractivity contribution in [3.05, 3.63) is 83.2 Å². The van der Waals surface area contributed by atoms with Crippen LogP contribution in [-0.2, 0) is 24.3 Å². The number of amides is 2. The molecule has 3 aromatic rings. The number of benzene rings is 2. The standard InChI is InChI=1S/C22H23N5O2.C3H6F2/c23-13-21(28)24-14-16-4-3-7-19(12-16)27-20(8-10-25-27)22(29)26-11-9-17-5-1-2-6-18(17)15-26;1-3(2,4)5/h1-8,10,12H,9,11,13-15,23H2,(H,24,28);1-2H3. The highest BCUT2D eigenvalue weighted by Gasteiger charge is 2.24. The van der Waals surface area contributed by atoms with Gasteiger partial charge in [0, 0.05) is 19.6 Å². The number of nitrogens with zero attached hydrogens (tertiary/aromatic N) is 3. The Bertz CT molecular complexity index is 1130. The van der Waals surface area contributed by atoms with E-state index >= 15 is 0 Å². The molecule has 4 rings (SSSR count). The fraction of sp³-hybridized carbons (Fsp3) is 0.320. The molecular formula is C25H29F2N5O2. The number of nitrogens with two attached hydrogens (primary N) is 1. The molecule has 7 nitrogen and oxygen atoms in total. The number of hydrogen-bond acceptors (Lipinski definition) is 4. The summed E-state index contributed by atoms with van der Waals surface area (Å²) in [5, 5.41) is 7.11. The maximum Gasteiger partial charge on any atom is 0.272 e. The van der Waals surface area contributed by atoms with Gasteiger partial charge in [0.25, 0.3) is 5.91 Å². The Hall–Kier alpha value is -3.59. The van der Waals surface area contributed by atoms with Gasteiger partial charge in [-0.15, -0.1) is 0 Å². The van der Waals surface area contributed by atoms with Crippen molar-refractivity contribution in [3.63, 3.8) is 0 Å². The van der Waals surface area contributed by atoms with E-state index in [1.165, 1.54) is 11.1 Å². The second-order valence-electron chi connectivity index (χ2n) is 8.35. The van der Waals surface area contributed by atoms with Gasteiger partial charge in [-0.3, -0.25) is 9.59 Å². The van der Waals surface area contributed by atoms with Crippen LogP contribution in [0.15, 0.2) is 60.8 Å². The van der Waals surface area contributed by atoms with Crippen molar-refractivity contribution in [2.75, 3.05) is 13.1 Å². The van der Waals surface area contributed by atoms with Crippen LogP contribution in [0, 0.1) is 0 Å². The molecule has 1 aliphatic rings. The summed E-state index contributed by atoms with van der Waals surface area (Å²) in [6.45, 7) is 3.32. The van der Waals surface area contributed by atoms with Crippen molar-refractivity contribution in [1.82, 2.24) is 20.0 Å². The molecule has 2 aromatic carbocycles. The number of carbonyl (C=O) groups is 2. The first kappa shape index (κ1) is 25.0. The lowest BCUT2D eigenvalue weighted by molar-refractivity contribution is -0.119. The van der Waals surface area contributed by atoms with Gasteiger partial charge in [-0.05, 0) is 55.2 Å². The third-order valence-electron chi connectivity index (χ3n) is 5.11. The lowest BCUT2D eigenvalue weighted by Gasteiger charge is -2.29.